The highest BCUT2D eigenvalue weighted by Crippen LogP contribution is 2.77. The number of benzene rings is 1. The minimum Gasteiger partial charge on any atom is -0.469 e. The van der Waals surface area contributed by atoms with Crippen LogP contribution in [0.4, 0.5) is 0 Å². The second-order valence-electron chi connectivity index (χ2n) is 22.2. The molecule has 5 aliphatic carbocycles. The first-order chi connectivity index (χ1) is 27.9. The first kappa shape index (κ1) is 46.1. The molecule has 9 atom stereocenters. The van der Waals surface area contributed by atoms with Crippen LogP contribution < -0.4 is 5.32 Å². The van der Waals surface area contributed by atoms with E-state index in [0.29, 0.717) is 36.4 Å². The number of hydrogen-bond donors (Lipinski definition) is 1. The summed E-state index contributed by atoms with van der Waals surface area (Å²) in [5.74, 6) is 1.15. The Morgan fingerprint density at radius 1 is 0.850 bits per heavy atom. The van der Waals surface area contributed by atoms with E-state index < -0.39 is 11.0 Å². The molecule has 0 spiro atoms. The Bertz CT molecular complexity index is 1860. The molecule has 5 aliphatic rings. The van der Waals surface area contributed by atoms with E-state index in [0.717, 1.165) is 69.9 Å². The fourth-order valence-corrected chi connectivity index (χ4v) is 14.2. The summed E-state index contributed by atoms with van der Waals surface area (Å²) in [6.07, 6.45) is 12.0. The third kappa shape index (κ3) is 8.03. The van der Waals surface area contributed by atoms with Crippen LogP contribution in [0, 0.1) is 56.7 Å². The SMILES string of the molecule is C=C(CN(C)C(=O)CCC(=O)OC)[C@@H]1CC[C@]2(C(=O)NCCN(C)C)CC[C@]3(C)[C@H](CC[C@@H]4[C@@]5(C)CC=C(c6ccc(C(=O)OC(C)(C)C)cc6)C(C)(C)[C@@H]5CC[C@]43C)[C@@H]12. The summed E-state index contributed by atoms with van der Waals surface area (Å²) in [5.41, 5.74) is 3.40. The summed E-state index contributed by atoms with van der Waals surface area (Å²) < 4.78 is 10.4. The zero-order valence-corrected chi connectivity index (χ0v) is 39.2. The Hall–Kier alpha value is -3.46. The summed E-state index contributed by atoms with van der Waals surface area (Å²) >= 11 is 0. The lowest BCUT2D eigenvalue weighted by Gasteiger charge is -2.72. The van der Waals surface area contributed by atoms with E-state index in [1.807, 2.05) is 54.0 Å². The number of esters is 2. The van der Waals surface area contributed by atoms with Crippen LogP contribution in [0.15, 0.2) is 42.5 Å². The Labute approximate surface area is 361 Å². The zero-order chi connectivity index (χ0) is 44.2. The van der Waals surface area contributed by atoms with Gasteiger partial charge in [-0.3, -0.25) is 14.4 Å². The number of hydrogen-bond acceptors (Lipinski definition) is 7. The summed E-state index contributed by atoms with van der Waals surface area (Å²) in [4.78, 5) is 56.4. The van der Waals surface area contributed by atoms with Crippen LogP contribution in [0.25, 0.3) is 5.57 Å². The van der Waals surface area contributed by atoms with E-state index in [1.54, 1.807) is 4.90 Å². The van der Waals surface area contributed by atoms with Crippen LogP contribution in [0.1, 0.15) is 142 Å². The molecule has 0 bridgehead atoms. The molecule has 0 saturated heterocycles. The van der Waals surface area contributed by atoms with Crippen molar-refractivity contribution in [3.63, 3.8) is 0 Å². The summed E-state index contributed by atoms with van der Waals surface area (Å²) in [7, 11) is 7.24. The van der Waals surface area contributed by atoms with Crippen LogP contribution in [-0.4, -0.2) is 87.0 Å². The third-order valence-corrected chi connectivity index (χ3v) is 17.3. The molecule has 4 saturated carbocycles. The lowest BCUT2D eigenvalue weighted by Crippen LogP contribution is -2.66. The molecule has 9 nitrogen and oxygen atoms in total. The van der Waals surface area contributed by atoms with Gasteiger partial charge in [0.25, 0.3) is 0 Å². The number of nitrogens with zero attached hydrogens (tertiary/aromatic N) is 2. The summed E-state index contributed by atoms with van der Waals surface area (Å²) in [6, 6.07) is 8.07. The number of methoxy groups -OCH3 is 1. The van der Waals surface area contributed by atoms with Gasteiger partial charge in [-0.05, 0) is 167 Å². The lowest BCUT2D eigenvalue weighted by atomic mass is 9.32. The number of fused-ring (bicyclic) bond motifs is 7. The van der Waals surface area contributed by atoms with Crippen molar-refractivity contribution in [1.29, 1.82) is 0 Å². The second-order valence-corrected chi connectivity index (χ2v) is 22.2. The highest BCUT2D eigenvalue weighted by molar-refractivity contribution is 5.90. The highest BCUT2D eigenvalue weighted by Gasteiger charge is 2.71. The maximum atomic E-state index is 14.7. The standard InChI is InChI=1S/C51H77N3O6/c1-33(32-54(12)41(55)20-21-42(56)59-13)36-22-27-51(45(58)52-30-31-53(10)11)29-28-49(8)38(43(36)51)18-19-40-48(7)25-23-37(47(5,6)39(48)24-26-50(40,49)9)34-14-16-35(17-15-34)44(57)60-46(2,3)4/h14-17,23,36,38-40,43H,1,18-22,24-32H2,2-13H3,(H,52,58)/t36-,38+,39-,40+,43+,48-,49+,50+,51-/m0/s1. The van der Waals surface area contributed by atoms with Crippen molar-refractivity contribution >= 4 is 29.3 Å². The molecule has 1 N–H and O–H groups in total. The van der Waals surface area contributed by atoms with Crippen molar-refractivity contribution in [3.8, 4) is 0 Å². The Kier molecular flexibility index (Phi) is 12.8. The van der Waals surface area contributed by atoms with Crippen LogP contribution in [0.3, 0.4) is 0 Å². The van der Waals surface area contributed by atoms with E-state index in [1.165, 1.54) is 18.2 Å². The molecule has 60 heavy (non-hydrogen) atoms. The average Bonchev–Trinajstić information content (AvgIpc) is 3.57. The highest BCUT2D eigenvalue weighted by atomic mass is 16.6. The summed E-state index contributed by atoms with van der Waals surface area (Å²) in [6.45, 7) is 25.0. The van der Waals surface area contributed by atoms with Gasteiger partial charge < -0.3 is 24.6 Å². The van der Waals surface area contributed by atoms with Crippen LogP contribution in [0.2, 0.25) is 0 Å². The first-order valence-electron chi connectivity index (χ1n) is 22.9. The molecule has 4 fully saturated rings. The lowest BCUT2D eigenvalue weighted by molar-refractivity contribution is -0.225. The van der Waals surface area contributed by atoms with Crippen LogP contribution in [-0.2, 0) is 23.9 Å². The largest absolute Gasteiger partial charge is 0.469 e. The number of rotatable bonds is 12. The molecule has 0 radical (unpaired) electrons. The maximum absolute atomic E-state index is 14.7. The van der Waals surface area contributed by atoms with Gasteiger partial charge in [-0.25, -0.2) is 4.79 Å². The number of carbonyl (C=O) groups is 4. The van der Waals surface area contributed by atoms with E-state index in [-0.39, 0.29) is 70.1 Å². The Balaban J connectivity index is 1.29. The van der Waals surface area contributed by atoms with Gasteiger partial charge in [0.15, 0.2) is 0 Å². The fraction of sp³-hybridized carbons (Fsp3) is 0.725. The van der Waals surface area contributed by atoms with Gasteiger partial charge in [0.05, 0.1) is 24.5 Å². The topological polar surface area (TPSA) is 105 Å². The van der Waals surface area contributed by atoms with Crippen molar-refractivity contribution in [2.75, 3.05) is 47.9 Å². The van der Waals surface area contributed by atoms with Gasteiger partial charge in [0, 0.05) is 33.1 Å². The average molecular weight is 828 g/mol. The molecule has 1 aromatic carbocycles. The first-order valence-corrected chi connectivity index (χ1v) is 22.9. The van der Waals surface area contributed by atoms with Crippen molar-refractivity contribution in [3.05, 3.63) is 53.6 Å². The number of nitrogens with one attached hydrogen (secondary N) is 1. The maximum Gasteiger partial charge on any atom is 0.338 e. The number of amides is 2. The van der Waals surface area contributed by atoms with Crippen molar-refractivity contribution < 1.29 is 28.7 Å². The van der Waals surface area contributed by atoms with E-state index >= 15 is 0 Å². The quantitative estimate of drug-likeness (QED) is 0.166. The molecule has 0 aliphatic heterocycles. The number of carbonyl (C=O) groups excluding carboxylic acids is 4. The van der Waals surface area contributed by atoms with Crippen LogP contribution in [0.5, 0.6) is 0 Å². The molecule has 2 amide bonds. The minimum absolute atomic E-state index is 0.0404. The second kappa shape index (κ2) is 16.7. The van der Waals surface area contributed by atoms with E-state index in [9.17, 15) is 19.2 Å². The van der Waals surface area contributed by atoms with Gasteiger partial charge in [-0.15, -0.1) is 0 Å². The monoisotopic (exact) mass is 828 g/mol. The van der Waals surface area contributed by atoms with Crippen molar-refractivity contribution in [1.82, 2.24) is 15.1 Å². The number of ether oxygens (including phenoxy) is 2. The van der Waals surface area contributed by atoms with Crippen LogP contribution >= 0.6 is 0 Å². The predicted octanol–water partition coefficient (Wildman–Crippen LogP) is 9.36. The predicted molar refractivity (Wildman–Crippen MR) is 239 cm³/mol. The molecule has 0 heterocycles. The smallest absolute Gasteiger partial charge is 0.338 e. The van der Waals surface area contributed by atoms with Crippen molar-refractivity contribution in [2.45, 2.75) is 132 Å². The molecular weight excluding hydrogens is 751 g/mol. The molecule has 6 rings (SSSR count). The van der Waals surface area contributed by atoms with Gasteiger partial charge in [0.2, 0.25) is 11.8 Å². The summed E-state index contributed by atoms with van der Waals surface area (Å²) in [5, 5.41) is 3.41. The van der Waals surface area contributed by atoms with Crippen molar-refractivity contribution in [2.24, 2.45) is 56.7 Å². The molecule has 0 unspecified atom stereocenters. The third-order valence-electron chi connectivity index (χ3n) is 17.3. The Morgan fingerprint density at radius 3 is 2.17 bits per heavy atom. The van der Waals surface area contributed by atoms with Gasteiger partial charge in [-0.1, -0.05) is 65.0 Å². The van der Waals surface area contributed by atoms with E-state index in [2.05, 4.69) is 69.6 Å². The molecule has 1 aromatic rings. The van der Waals surface area contributed by atoms with E-state index in [4.69, 9.17) is 9.47 Å². The fourth-order valence-electron chi connectivity index (χ4n) is 14.2. The molecule has 332 valence electrons. The minimum atomic E-state index is -0.540. The normalized spacial score (nSPS) is 34.2. The Morgan fingerprint density at radius 2 is 1.53 bits per heavy atom. The number of allylic oxidation sites excluding steroid dienone is 2. The molecule has 9 heteroatoms. The molecular formula is C51H77N3O6. The van der Waals surface area contributed by atoms with Gasteiger partial charge in [0.1, 0.15) is 5.60 Å². The number of likely N-dealkylation sites (N-methyl/N-ethyl adjacent to an activating group) is 2. The van der Waals surface area contributed by atoms with Gasteiger partial charge in [-0.2, -0.15) is 0 Å². The molecule has 0 aromatic heterocycles. The van der Waals surface area contributed by atoms with Gasteiger partial charge >= 0.3 is 11.9 Å². The zero-order valence-electron chi connectivity index (χ0n) is 39.2.